The number of aromatic nitrogens is 4. The van der Waals surface area contributed by atoms with E-state index in [0.29, 0.717) is 17.5 Å². The van der Waals surface area contributed by atoms with E-state index in [1.807, 2.05) is 6.07 Å². The van der Waals surface area contributed by atoms with Gasteiger partial charge in [0.25, 0.3) is 0 Å². The summed E-state index contributed by atoms with van der Waals surface area (Å²) < 4.78 is 11.7. The van der Waals surface area contributed by atoms with E-state index >= 15 is 0 Å². The Bertz CT molecular complexity index is 593. The molecule has 0 amide bonds. The van der Waals surface area contributed by atoms with Crippen LogP contribution in [-0.4, -0.2) is 34.0 Å². The predicted octanol–water partition coefficient (Wildman–Crippen LogP) is 1.56. The Balaban J connectivity index is 2.53. The highest BCUT2D eigenvalue weighted by molar-refractivity contribution is 5.42. The van der Waals surface area contributed by atoms with Gasteiger partial charge in [-0.25, -0.2) is 0 Å². The van der Waals surface area contributed by atoms with Gasteiger partial charge in [-0.1, -0.05) is 20.8 Å². The summed E-state index contributed by atoms with van der Waals surface area (Å²) in [6.07, 6.45) is 0. The van der Waals surface area contributed by atoms with Crippen molar-refractivity contribution in [3.8, 4) is 17.7 Å². The van der Waals surface area contributed by atoms with Crippen molar-refractivity contribution in [3.63, 3.8) is 0 Å². The van der Waals surface area contributed by atoms with E-state index in [1.54, 1.807) is 10.7 Å². The van der Waals surface area contributed by atoms with Crippen molar-refractivity contribution >= 4 is 5.82 Å². The topological polar surface area (TPSA) is 88.1 Å². The minimum absolute atomic E-state index is 0.0967. The number of nitrogen functional groups attached to an aromatic ring is 1. The fourth-order valence-corrected chi connectivity index (χ4v) is 1.64. The number of methoxy groups -OCH3 is 2. The van der Waals surface area contributed by atoms with E-state index in [1.165, 1.54) is 14.2 Å². The van der Waals surface area contributed by atoms with Crippen molar-refractivity contribution in [3.05, 3.63) is 17.8 Å². The molecule has 20 heavy (non-hydrogen) atoms. The average molecular weight is 277 g/mol. The van der Waals surface area contributed by atoms with Gasteiger partial charge >= 0.3 is 6.01 Å². The summed E-state index contributed by atoms with van der Waals surface area (Å²) in [6.45, 7) is 6.21. The summed E-state index contributed by atoms with van der Waals surface area (Å²) in [4.78, 5) is 8.28. The molecule has 0 radical (unpaired) electrons. The van der Waals surface area contributed by atoms with Crippen LogP contribution < -0.4 is 15.2 Å². The first kappa shape index (κ1) is 14.1. The lowest BCUT2D eigenvalue weighted by molar-refractivity contribution is 0.351. The van der Waals surface area contributed by atoms with E-state index in [0.717, 1.165) is 5.69 Å². The van der Waals surface area contributed by atoms with Crippen molar-refractivity contribution in [2.75, 3.05) is 20.0 Å². The minimum atomic E-state index is -0.0967. The predicted molar refractivity (Wildman–Crippen MR) is 75.4 cm³/mol. The second-order valence-electron chi connectivity index (χ2n) is 5.37. The third-order valence-electron chi connectivity index (χ3n) is 2.78. The van der Waals surface area contributed by atoms with Crippen LogP contribution in [-0.2, 0) is 5.41 Å². The Kier molecular flexibility index (Phi) is 3.52. The number of rotatable bonds is 3. The molecule has 7 nitrogen and oxygen atoms in total. The SMILES string of the molecule is COc1cc(-n2nc(C(C)(C)C)cc2N)nc(OC)n1. The lowest BCUT2D eigenvalue weighted by Gasteiger charge is -2.14. The molecule has 0 fully saturated rings. The molecule has 0 atom stereocenters. The first-order valence-electron chi connectivity index (χ1n) is 6.18. The summed E-state index contributed by atoms with van der Waals surface area (Å²) in [6, 6.07) is 3.69. The zero-order valence-corrected chi connectivity index (χ0v) is 12.3. The van der Waals surface area contributed by atoms with Gasteiger partial charge in [-0.2, -0.15) is 19.7 Å². The molecule has 2 rings (SSSR count). The van der Waals surface area contributed by atoms with E-state index in [4.69, 9.17) is 15.2 Å². The Morgan fingerprint density at radius 2 is 1.80 bits per heavy atom. The fraction of sp³-hybridized carbons (Fsp3) is 0.462. The third-order valence-corrected chi connectivity index (χ3v) is 2.78. The van der Waals surface area contributed by atoms with Crippen LogP contribution in [0, 0.1) is 0 Å². The Morgan fingerprint density at radius 1 is 1.10 bits per heavy atom. The first-order chi connectivity index (χ1) is 9.35. The summed E-state index contributed by atoms with van der Waals surface area (Å²) in [5.74, 6) is 1.39. The van der Waals surface area contributed by atoms with Crippen LogP contribution in [0.1, 0.15) is 26.5 Å². The molecule has 2 N–H and O–H groups in total. The molecule has 108 valence electrons. The number of anilines is 1. The minimum Gasteiger partial charge on any atom is -0.481 e. The zero-order chi connectivity index (χ0) is 14.9. The summed E-state index contributed by atoms with van der Waals surface area (Å²) in [5.41, 5.74) is 6.80. The van der Waals surface area contributed by atoms with E-state index < -0.39 is 0 Å². The lowest BCUT2D eigenvalue weighted by Crippen LogP contribution is -2.13. The molecule has 0 aliphatic heterocycles. The van der Waals surface area contributed by atoms with Crippen LogP contribution in [0.15, 0.2) is 12.1 Å². The van der Waals surface area contributed by atoms with E-state index in [-0.39, 0.29) is 11.4 Å². The van der Waals surface area contributed by atoms with Gasteiger partial charge in [0.1, 0.15) is 5.82 Å². The van der Waals surface area contributed by atoms with Crippen molar-refractivity contribution < 1.29 is 9.47 Å². The highest BCUT2D eigenvalue weighted by Gasteiger charge is 2.20. The van der Waals surface area contributed by atoms with E-state index in [2.05, 4.69) is 35.8 Å². The van der Waals surface area contributed by atoms with Crippen molar-refractivity contribution in [1.29, 1.82) is 0 Å². The molecule has 0 saturated heterocycles. The number of nitrogens with two attached hydrogens (primary N) is 1. The Morgan fingerprint density at radius 3 is 2.30 bits per heavy atom. The standard InChI is InChI=1S/C13H19N5O2/c1-13(2,3)8-6-9(14)18(17-8)10-7-11(19-4)16-12(15-10)20-5/h6-7H,14H2,1-5H3. The Labute approximate surface area is 117 Å². The monoisotopic (exact) mass is 277 g/mol. The molecule has 0 spiro atoms. The van der Waals surface area contributed by atoms with Gasteiger partial charge in [-0.15, -0.1) is 0 Å². The number of nitrogens with zero attached hydrogens (tertiary/aromatic N) is 4. The number of hydrogen-bond donors (Lipinski definition) is 1. The third kappa shape index (κ3) is 2.66. The maximum Gasteiger partial charge on any atom is 0.321 e. The highest BCUT2D eigenvalue weighted by Crippen LogP contribution is 2.25. The quantitative estimate of drug-likeness (QED) is 0.916. The molecular formula is C13H19N5O2. The smallest absolute Gasteiger partial charge is 0.321 e. The van der Waals surface area contributed by atoms with Crippen molar-refractivity contribution in [1.82, 2.24) is 19.7 Å². The lowest BCUT2D eigenvalue weighted by atomic mass is 9.92. The van der Waals surface area contributed by atoms with Crippen LogP contribution in [0.2, 0.25) is 0 Å². The van der Waals surface area contributed by atoms with Crippen LogP contribution in [0.4, 0.5) is 5.82 Å². The van der Waals surface area contributed by atoms with Gasteiger partial charge in [-0.3, -0.25) is 0 Å². The molecule has 0 aromatic carbocycles. The molecule has 2 aromatic heterocycles. The molecular weight excluding hydrogens is 258 g/mol. The zero-order valence-electron chi connectivity index (χ0n) is 12.3. The van der Waals surface area contributed by atoms with Crippen LogP contribution >= 0.6 is 0 Å². The van der Waals surface area contributed by atoms with Gasteiger partial charge < -0.3 is 15.2 Å². The van der Waals surface area contributed by atoms with Gasteiger partial charge in [0.05, 0.1) is 19.9 Å². The van der Waals surface area contributed by atoms with Crippen LogP contribution in [0.25, 0.3) is 5.82 Å². The second kappa shape index (κ2) is 4.99. The van der Waals surface area contributed by atoms with Gasteiger partial charge in [0.2, 0.25) is 5.88 Å². The molecule has 0 aliphatic rings. The Hall–Kier alpha value is -2.31. The average Bonchev–Trinajstić information content (AvgIpc) is 2.80. The fourth-order valence-electron chi connectivity index (χ4n) is 1.64. The van der Waals surface area contributed by atoms with Gasteiger partial charge in [0, 0.05) is 17.5 Å². The summed E-state index contributed by atoms with van der Waals surface area (Å²) in [7, 11) is 3.02. The second-order valence-corrected chi connectivity index (χ2v) is 5.37. The first-order valence-corrected chi connectivity index (χ1v) is 6.18. The largest absolute Gasteiger partial charge is 0.481 e. The molecule has 0 saturated carbocycles. The molecule has 2 aromatic rings. The molecule has 2 heterocycles. The molecule has 7 heteroatoms. The van der Waals surface area contributed by atoms with E-state index in [9.17, 15) is 0 Å². The molecule has 0 bridgehead atoms. The molecule has 0 aliphatic carbocycles. The van der Waals surface area contributed by atoms with Gasteiger partial charge in [0.15, 0.2) is 5.82 Å². The summed E-state index contributed by atoms with van der Waals surface area (Å²) in [5, 5.41) is 4.49. The summed E-state index contributed by atoms with van der Waals surface area (Å²) >= 11 is 0. The maximum atomic E-state index is 6.01. The number of ether oxygens (including phenoxy) is 2. The highest BCUT2D eigenvalue weighted by atomic mass is 16.5. The number of hydrogen-bond acceptors (Lipinski definition) is 6. The van der Waals surface area contributed by atoms with Crippen LogP contribution in [0.5, 0.6) is 11.9 Å². The van der Waals surface area contributed by atoms with Crippen molar-refractivity contribution in [2.24, 2.45) is 0 Å². The molecule has 0 unspecified atom stereocenters. The van der Waals surface area contributed by atoms with Crippen molar-refractivity contribution in [2.45, 2.75) is 26.2 Å². The van der Waals surface area contributed by atoms with Gasteiger partial charge in [-0.05, 0) is 0 Å². The normalized spacial score (nSPS) is 11.4. The van der Waals surface area contributed by atoms with Crippen LogP contribution in [0.3, 0.4) is 0 Å². The maximum absolute atomic E-state index is 6.01.